The molecule has 0 unspecified atom stereocenters. The van der Waals surface area contributed by atoms with Crippen LogP contribution in [0.1, 0.15) is 38.5 Å². The summed E-state index contributed by atoms with van der Waals surface area (Å²) in [4.78, 5) is 14.5. The molecule has 20 heavy (non-hydrogen) atoms. The number of carbonyl (C=O) groups excluding carboxylic acids is 1. The lowest BCUT2D eigenvalue weighted by atomic mass is 9.98. The summed E-state index contributed by atoms with van der Waals surface area (Å²) >= 11 is 7.36. The molecule has 0 bridgehead atoms. The van der Waals surface area contributed by atoms with Crippen LogP contribution in [0.4, 0.5) is 4.39 Å². The predicted molar refractivity (Wildman–Crippen MR) is 80.4 cm³/mol. The van der Waals surface area contributed by atoms with Crippen molar-refractivity contribution < 1.29 is 9.18 Å². The summed E-state index contributed by atoms with van der Waals surface area (Å²) in [5.41, 5.74) is 2.09. The van der Waals surface area contributed by atoms with Gasteiger partial charge in [-0.2, -0.15) is 0 Å². The maximum Gasteiger partial charge on any atom is 0.177 e. The van der Waals surface area contributed by atoms with Gasteiger partial charge in [-0.3, -0.25) is 4.79 Å². The first-order valence-electron chi connectivity index (χ1n) is 6.72. The van der Waals surface area contributed by atoms with E-state index in [0.29, 0.717) is 0 Å². The minimum atomic E-state index is -0.450. The molecule has 104 valence electrons. The predicted octanol–water partition coefficient (Wildman–Crippen LogP) is 4.84. The molecule has 2 aromatic rings. The van der Waals surface area contributed by atoms with E-state index in [-0.39, 0.29) is 17.2 Å². The molecule has 1 aliphatic rings. The normalized spacial score (nSPS) is 14.1. The second kappa shape index (κ2) is 5.66. The van der Waals surface area contributed by atoms with Gasteiger partial charge in [0.25, 0.3) is 0 Å². The molecular weight excluding hydrogens is 295 g/mol. The number of carbonyl (C=O) groups is 1. The Morgan fingerprint density at radius 1 is 1.25 bits per heavy atom. The van der Waals surface area contributed by atoms with Crippen molar-refractivity contribution in [3.8, 4) is 0 Å². The molecule has 1 aliphatic carbocycles. The fourth-order valence-corrected chi connectivity index (χ4v) is 3.94. The first-order chi connectivity index (χ1) is 9.63. The minimum absolute atomic E-state index is 0.0702. The van der Waals surface area contributed by atoms with Crippen LogP contribution in [-0.2, 0) is 19.3 Å². The number of aryl methyl sites for hydroxylation is 2. The number of fused-ring (bicyclic) bond motifs is 1. The molecule has 0 spiro atoms. The lowest BCUT2D eigenvalue weighted by Gasteiger charge is -2.08. The monoisotopic (exact) mass is 308 g/mol. The van der Waals surface area contributed by atoms with Gasteiger partial charge in [-0.05, 0) is 55.0 Å². The van der Waals surface area contributed by atoms with E-state index in [4.69, 9.17) is 11.6 Å². The van der Waals surface area contributed by atoms with Crippen LogP contribution < -0.4 is 0 Å². The smallest absolute Gasteiger partial charge is 0.177 e. The second-order valence-corrected chi connectivity index (χ2v) is 6.66. The molecule has 0 amide bonds. The van der Waals surface area contributed by atoms with Gasteiger partial charge in [0.2, 0.25) is 0 Å². The molecule has 0 saturated carbocycles. The highest BCUT2D eigenvalue weighted by Crippen LogP contribution is 2.30. The van der Waals surface area contributed by atoms with Gasteiger partial charge in [-0.1, -0.05) is 17.7 Å². The minimum Gasteiger partial charge on any atom is -0.293 e. The van der Waals surface area contributed by atoms with Crippen molar-refractivity contribution in [1.82, 2.24) is 0 Å². The summed E-state index contributed by atoms with van der Waals surface area (Å²) in [5.74, 6) is -0.360. The van der Waals surface area contributed by atoms with Crippen LogP contribution in [0, 0.1) is 5.82 Å². The Morgan fingerprint density at radius 3 is 2.80 bits per heavy atom. The van der Waals surface area contributed by atoms with Gasteiger partial charge in [0, 0.05) is 11.3 Å². The quantitative estimate of drug-likeness (QED) is 0.741. The van der Waals surface area contributed by atoms with Crippen LogP contribution in [0.5, 0.6) is 0 Å². The van der Waals surface area contributed by atoms with E-state index in [9.17, 15) is 9.18 Å². The van der Waals surface area contributed by atoms with Crippen LogP contribution in [-0.4, -0.2) is 5.78 Å². The standard InChI is InChI=1S/C16H14ClFOS/c17-12-7-10(5-6-13(12)18)8-14(19)16-9-11-3-1-2-4-15(11)20-16/h5-7,9H,1-4,8H2. The van der Waals surface area contributed by atoms with E-state index in [2.05, 4.69) is 0 Å². The van der Waals surface area contributed by atoms with Crippen molar-refractivity contribution in [2.45, 2.75) is 32.1 Å². The average molecular weight is 309 g/mol. The molecule has 0 radical (unpaired) electrons. The number of thiophene rings is 1. The van der Waals surface area contributed by atoms with Crippen LogP contribution in [0.2, 0.25) is 5.02 Å². The van der Waals surface area contributed by atoms with Crippen molar-refractivity contribution in [2.24, 2.45) is 0 Å². The van der Waals surface area contributed by atoms with Crippen molar-refractivity contribution in [3.05, 3.63) is 56.0 Å². The van der Waals surface area contributed by atoms with E-state index >= 15 is 0 Å². The maximum atomic E-state index is 13.1. The number of hydrogen-bond acceptors (Lipinski definition) is 2. The van der Waals surface area contributed by atoms with E-state index in [1.807, 2.05) is 6.07 Å². The zero-order chi connectivity index (χ0) is 14.1. The molecule has 3 rings (SSSR count). The van der Waals surface area contributed by atoms with Crippen molar-refractivity contribution in [1.29, 1.82) is 0 Å². The number of benzene rings is 1. The highest BCUT2D eigenvalue weighted by atomic mass is 35.5. The molecule has 0 N–H and O–H groups in total. The van der Waals surface area contributed by atoms with Gasteiger partial charge < -0.3 is 0 Å². The summed E-state index contributed by atoms with van der Waals surface area (Å²) in [5, 5.41) is 0.0702. The highest BCUT2D eigenvalue weighted by Gasteiger charge is 2.17. The topological polar surface area (TPSA) is 17.1 Å². The summed E-state index contributed by atoms with van der Waals surface area (Å²) in [6.07, 6.45) is 4.89. The Hall–Kier alpha value is -1.19. The Balaban J connectivity index is 1.78. The van der Waals surface area contributed by atoms with Gasteiger partial charge >= 0.3 is 0 Å². The molecule has 1 heterocycles. The van der Waals surface area contributed by atoms with Crippen LogP contribution >= 0.6 is 22.9 Å². The van der Waals surface area contributed by atoms with E-state index in [1.165, 1.54) is 35.4 Å². The molecule has 1 aromatic heterocycles. The zero-order valence-corrected chi connectivity index (χ0v) is 12.5. The fraction of sp³-hybridized carbons (Fsp3) is 0.312. The lowest BCUT2D eigenvalue weighted by Crippen LogP contribution is -2.01. The largest absolute Gasteiger partial charge is 0.293 e. The summed E-state index contributed by atoms with van der Waals surface area (Å²) in [6, 6.07) is 6.49. The zero-order valence-electron chi connectivity index (χ0n) is 10.9. The van der Waals surface area contributed by atoms with Gasteiger partial charge in [-0.25, -0.2) is 4.39 Å². The first-order valence-corrected chi connectivity index (χ1v) is 7.91. The molecule has 0 atom stereocenters. The van der Waals surface area contributed by atoms with E-state index in [1.54, 1.807) is 17.4 Å². The number of halogens is 2. The Morgan fingerprint density at radius 2 is 2.05 bits per heavy atom. The van der Waals surface area contributed by atoms with Crippen molar-refractivity contribution >= 4 is 28.7 Å². The number of hydrogen-bond donors (Lipinski definition) is 0. The first kappa shape index (κ1) is 13.8. The van der Waals surface area contributed by atoms with Gasteiger partial charge in [0.1, 0.15) is 5.82 Å². The number of ketones is 1. The summed E-state index contributed by atoms with van der Waals surface area (Å²) in [6.45, 7) is 0. The number of rotatable bonds is 3. The van der Waals surface area contributed by atoms with Crippen molar-refractivity contribution in [2.75, 3.05) is 0 Å². The van der Waals surface area contributed by atoms with Crippen LogP contribution in [0.3, 0.4) is 0 Å². The Bertz CT molecular complexity index is 639. The lowest BCUT2D eigenvalue weighted by molar-refractivity contribution is 0.0996. The average Bonchev–Trinajstić information content (AvgIpc) is 2.87. The molecular formula is C16H14ClFOS. The summed E-state index contributed by atoms with van der Waals surface area (Å²) in [7, 11) is 0. The van der Waals surface area contributed by atoms with Crippen molar-refractivity contribution in [3.63, 3.8) is 0 Å². The molecule has 0 saturated heterocycles. The maximum absolute atomic E-state index is 13.1. The SMILES string of the molecule is O=C(Cc1ccc(F)c(Cl)c1)c1cc2c(s1)CCCC2. The molecule has 0 fully saturated rings. The van der Waals surface area contributed by atoms with Gasteiger partial charge in [0.15, 0.2) is 5.78 Å². The second-order valence-electron chi connectivity index (χ2n) is 5.11. The van der Waals surface area contributed by atoms with E-state index in [0.717, 1.165) is 23.3 Å². The van der Waals surface area contributed by atoms with Crippen LogP contribution in [0.25, 0.3) is 0 Å². The Kier molecular flexibility index (Phi) is 3.90. The molecule has 4 heteroatoms. The Labute approximate surface area is 126 Å². The van der Waals surface area contributed by atoms with Crippen LogP contribution in [0.15, 0.2) is 24.3 Å². The third kappa shape index (κ3) is 2.79. The third-order valence-electron chi connectivity index (χ3n) is 3.62. The highest BCUT2D eigenvalue weighted by molar-refractivity contribution is 7.14. The fourth-order valence-electron chi connectivity index (χ4n) is 2.55. The molecule has 1 nitrogen and oxygen atoms in total. The third-order valence-corrected chi connectivity index (χ3v) is 5.19. The summed E-state index contributed by atoms with van der Waals surface area (Å²) < 4.78 is 13.1. The van der Waals surface area contributed by atoms with Gasteiger partial charge in [-0.15, -0.1) is 11.3 Å². The van der Waals surface area contributed by atoms with Gasteiger partial charge in [0.05, 0.1) is 9.90 Å². The molecule has 1 aromatic carbocycles. The number of Topliss-reactive ketones (excluding diaryl/α,β-unsaturated/α-hetero) is 1. The molecule has 0 aliphatic heterocycles. The van der Waals surface area contributed by atoms with E-state index < -0.39 is 5.82 Å².